The number of hydrogen-bond acceptors (Lipinski definition) is 5. The Hall–Kier alpha value is -2.97. The molecule has 0 N–H and O–H groups in total. The summed E-state index contributed by atoms with van der Waals surface area (Å²) in [7, 11) is 0. The minimum absolute atomic E-state index is 0.0458. The molecule has 28 heavy (non-hydrogen) atoms. The lowest BCUT2D eigenvalue weighted by atomic mass is 10.0. The first-order valence-corrected chi connectivity index (χ1v) is 8.86. The van der Waals surface area contributed by atoms with E-state index in [1.807, 2.05) is 6.07 Å². The van der Waals surface area contributed by atoms with Gasteiger partial charge in [-0.05, 0) is 36.6 Å². The van der Waals surface area contributed by atoms with Crippen molar-refractivity contribution in [3.05, 3.63) is 57.6 Å². The second-order valence-corrected chi connectivity index (χ2v) is 6.71. The van der Waals surface area contributed by atoms with E-state index >= 15 is 0 Å². The number of fused-ring (bicyclic) bond motifs is 1. The topological polar surface area (TPSA) is 64.8 Å². The average Bonchev–Trinajstić information content (AvgIpc) is 3.16. The van der Waals surface area contributed by atoms with Crippen LogP contribution in [0.1, 0.15) is 30.0 Å². The maximum atomic E-state index is 13.6. The van der Waals surface area contributed by atoms with E-state index in [-0.39, 0.29) is 11.7 Å². The van der Waals surface area contributed by atoms with Crippen LogP contribution < -0.4 is 14.4 Å². The number of benzene rings is 2. The van der Waals surface area contributed by atoms with Crippen molar-refractivity contribution < 1.29 is 27.6 Å². The van der Waals surface area contributed by atoms with Gasteiger partial charge in [0.15, 0.2) is 11.5 Å². The number of nitro benzene ring substituents is 1. The van der Waals surface area contributed by atoms with Gasteiger partial charge in [0.05, 0.1) is 16.5 Å². The van der Waals surface area contributed by atoms with Crippen molar-refractivity contribution in [3.8, 4) is 11.5 Å². The molecule has 6 nitrogen and oxygen atoms in total. The molecule has 0 saturated carbocycles. The highest BCUT2D eigenvalue weighted by Crippen LogP contribution is 2.45. The van der Waals surface area contributed by atoms with Gasteiger partial charge < -0.3 is 14.4 Å². The van der Waals surface area contributed by atoms with Gasteiger partial charge in [-0.25, -0.2) is 0 Å². The number of anilines is 1. The van der Waals surface area contributed by atoms with Crippen molar-refractivity contribution in [2.75, 3.05) is 24.7 Å². The molecule has 0 spiro atoms. The van der Waals surface area contributed by atoms with Crippen LogP contribution in [0.4, 0.5) is 24.5 Å². The van der Waals surface area contributed by atoms with Crippen LogP contribution in [-0.4, -0.2) is 24.7 Å². The van der Waals surface area contributed by atoms with Crippen molar-refractivity contribution in [2.45, 2.75) is 25.1 Å². The Kier molecular flexibility index (Phi) is 4.52. The Labute approximate surface area is 158 Å². The van der Waals surface area contributed by atoms with E-state index in [4.69, 9.17) is 9.47 Å². The van der Waals surface area contributed by atoms with Crippen LogP contribution in [0.3, 0.4) is 0 Å². The molecule has 2 aromatic rings. The third-order valence-electron chi connectivity index (χ3n) is 5.01. The minimum atomic E-state index is -4.69. The Morgan fingerprint density at radius 3 is 2.54 bits per heavy atom. The van der Waals surface area contributed by atoms with Gasteiger partial charge in [0.2, 0.25) is 0 Å². The summed E-state index contributed by atoms with van der Waals surface area (Å²) in [6.45, 7) is 1.31. The van der Waals surface area contributed by atoms with Gasteiger partial charge in [-0.3, -0.25) is 10.1 Å². The second kappa shape index (κ2) is 6.88. The monoisotopic (exact) mass is 394 g/mol. The largest absolute Gasteiger partial charge is 0.486 e. The summed E-state index contributed by atoms with van der Waals surface area (Å²) < 4.78 is 51.9. The first-order chi connectivity index (χ1) is 13.3. The number of ether oxygens (including phenoxy) is 2. The SMILES string of the molecule is O=[N+]([O-])c1ccc(N2CCC[C@H]2c2ccc3c(c2)OCCO3)c(C(F)(F)F)c1. The lowest BCUT2D eigenvalue weighted by Gasteiger charge is -2.30. The van der Waals surface area contributed by atoms with Crippen molar-refractivity contribution in [1.29, 1.82) is 0 Å². The Morgan fingerprint density at radius 1 is 1.07 bits per heavy atom. The van der Waals surface area contributed by atoms with Crippen LogP contribution in [0.5, 0.6) is 11.5 Å². The van der Waals surface area contributed by atoms with Gasteiger partial charge in [-0.1, -0.05) is 6.07 Å². The molecule has 1 atom stereocenters. The molecule has 148 valence electrons. The van der Waals surface area contributed by atoms with E-state index in [1.54, 1.807) is 17.0 Å². The molecular weight excluding hydrogens is 377 g/mol. The lowest BCUT2D eigenvalue weighted by Crippen LogP contribution is -2.26. The van der Waals surface area contributed by atoms with Crippen LogP contribution in [0.2, 0.25) is 0 Å². The summed E-state index contributed by atoms with van der Waals surface area (Å²) in [5.74, 6) is 1.20. The molecule has 2 aliphatic rings. The molecule has 4 rings (SSSR count). The van der Waals surface area contributed by atoms with Gasteiger partial charge in [0.1, 0.15) is 13.2 Å². The number of nitro groups is 1. The summed E-state index contributed by atoms with van der Waals surface area (Å²) in [4.78, 5) is 11.8. The summed E-state index contributed by atoms with van der Waals surface area (Å²) in [6.07, 6.45) is -3.30. The molecule has 2 aromatic carbocycles. The molecule has 2 heterocycles. The van der Waals surface area contributed by atoms with Crippen molar-refractivity contribution in [3.63, 3.8) is 0 Å². The first kappa shape index (κ1) is 18.4. The fourth-order valence-corrected chi connectivity index (χ4v) is 3.78. The van der Waals surface area contributed by atoms with E-state index < -0.39 is 22.4 Å². The molecule has 2 aliphatic heterocycles. The Bertz CT molecular complexity index is 917. The standard InChI is InChI=1S/C19H17F3N2O4/c20-19(21,22)14-11-13(24(25)26)4-5-16(14)23-7-1-2-15(23)12-3-6-17-18(10-12)28-9-8-27-17/h3-6,10-11,15H,1-2,7-9H2/t15-/m0/s1. The number of halogens is 3. The van der Waals surface area contributed by atoms with E-state index in [2.05, 4.69) is 0 Å². The highest BCUT2D eigenvalue weighted by Gasteiger charge is 2.39. The molecule has 0 amide bonds. The highest BCUT2D eigenvalue weighted by molar-refractivity contribution is 5.61. The zero-order valence-corrected chi connectivity index (χ0v) is 14.7. The molecular formula is C19H17F3N2O4. The van der Waals surface area contributed by atoms with Crippen LogP contribution >= 0.6 is 0 Å². The molecule has 1 saturated heterocycles. The van der Waals surface area contributed by atoms with Gasteiger partial charge in [-0.15, -0.1) is 0 Å². The number of rotatable bonds is 3. The molecule has 9 heteroatoms. The average molecular weight is 394 g/mol. The predicted octanol–water partition coefficient (Wildman–Crippen LogP) is 4.73. The number of alkyl halides is 3. The molecule has 0 unspecified atom stereocenters. The molecule has 0 bridgehead atoms. The first-order valence-electron chi connectivity index (χ1n) is 8.86. The van der Waals surface area contributed by atoms with Gasteiger partial charge in [0.25, 0.3) is 5.69 Å². The van der Waals surface area contributed by atoms with Crippen molar-refractivity contribution in [1.82, 2.24) is 0 Å². The van der Waals surface area contributed by atoms with E-state index in [1.165, 1.54) is 6.07 Å². The van der Waals surface area contributed by atoms with Crippen LogP contribution in [-0.2, 0) is 6.18 Å². The number of nitrogens with zero attached hydrogens (tertiary/aromatic N) is 2. The fraction of sp³-hybridized carbons (Fsp3) is 0.368. The maximum Gasteiger partial charge on any atom is 0.418 e. The molecule has 0 aliphatic carbocycles. The van der Waals surface area contributed by atoms with E-state index in [0.29, 0.717) is 50.2 Å². The quantitative estimate of drug-likeness (QED) is 0.556. The zero-order valence-electron chi connectivity index (χ0n) is 14.7. The Balaban J connectivity index is 1.73. The van der Waals surface area contributed by atoms with Crippen molar-refractivity contribution >= 4 is 11.4 Å². The Morgan fingerprint density at radius 2 is 1.82 bits per heavy atom. The van der Waals surface area contributed by atoms with E-state index in [9.17, 15) is 23.3 Å². The lowest BCUT2D eigenvalue weighted by molar-refractivity contribution is -0.385. The molecule has 0 aromatic heterocycles. The predicted molar refractivity (Wildman–Crippen MR) is 94.9 cm³/mol. The summed E-state index contributed by atoms with van der Waals surface area (Å²) in [6, 6.07) is 8.03. The molecule has 1 fully saturated rings. The smallest absolute Gasteiger partial charge is 0.418 e. The van der Waals surface area contributed by atoms with Gasteiger partial charge in [-0.2, -0.15) is 13.2 Å². The normalized spacial score (nSPS) is 19.0. The van der Waals surface area contributed by atoms with Crippen LogP contribution in [0.25, 0.3) is 0 Å². The van der Waals surface area contributed by atoms with Crippen LogP contribution in [0, 0.1) is 10.1 Å². The van der Waals surface area contributed by atoms with Crippen molar-refractivity contribution in [2.24, 2.45) is 0 Å². The van der Waals surface area contributed by atoms with E-state index in [0.717, 1.165) is 11.6 Å². The van der Waals surface area contributed by atoms with Gasteiger partial charge in [0, 0.05) is 24.4 Å². The second-order valence-electron chi connectivity index (χ2n) is 6.71. The minimum Gasteiger partial charge on any atom is -0.486 e. The third kappa shape index (κ3) is 3.32. The highest BCUT2D eigenvalue weighted by atomic mass is 19.4. The third-order valence-corrected chi connectivity index (χ3v) is 5.01. The summed E-state index contributed by atoms with van der Waals surface area (Å²) >= 11 is 0. The maximum absolute atomic E-state index is 13.6. The van der Waals surface area contributed by atoms with Gasteiger partial charge >= 0.3 is 6.18 Å². The fourth-order valence-electron chi connectivity index (χ4n) is 3.78. The molecule has 0 radical (unpaired) electrons. The number of hydrogen-bond donors (Lipinski definition) is 0. The summed E-state index contributed by atoms with van der Waals surface area (Å²) in [5.41, 5.74) is -0.791. The van der Waals surface area contributed by atoms with Crippen LogP contribution in [0.15, 0.2) is 36.4 Å². The summed E-state index contributed by atoms with van der Waals surface area (Å²) in [5, 5.41) is 10.9. The zero-order chi connectivity index (χ0) is 19.9. The number of non-ortho nitro benzene ring substituents is 1.